The highest BCUT2D eigenvalue weighted by atomic mass is 16.5. The van der Waals surface area contributed by atoms with E-state index in [0.717, 1.165) is 0 Å². The number of aliphatic hydroxyl groups is 1. The molecule has 0 aliphatic heterocycles. The number of H-pyrrole nitrogens is 1. The number of para-hydroxylation sites is 1. The Labute approximate surface area is 96.7 Å². The minimum Gasteiger partial charge on any atom is -0.437 e. The summed E-state index contributed by atoms with van der Waals surface area (Å²) in [5.41, 5.74) is 5.56. The Kier molecular flexibility index (Phi) is 3.06. The first-order valence-electron chi connectivity index (χ1n) is 4.92. The zero-order chi connectivity index (χ0) is 12.3. The fraction of sp³-hybridized carbons (Fsp3) is 0.0909. The van der Waals surface area contributed by atoms with Crippen LogP contribution in [0.2, 0.25) is 0 Å². The number of nitrogens with one attached hydrogen (secondary N) is 1. The monoisotopic (exact) mass is 233 g/mol. The van der Waals surface area contributed by atoms with Gasteiger partial charge in [0.05, 0.1) is 12.9 Å². The number of nitrogen functional groups attached to an aromatic ring is 1. The van der Waals surface area contributed by atoms with E-state index in [1.807, 2.05) is 0 Å². The van der Waals surface area contributed by atoms with Gasteiger partial charge in [-0.15, -0.1) is 0 Å². The predicted molar refractivity (Wildman–Crippen MR) is 61.7 cm³/mol. The second-order valence-electron chi connectivity index (χ2n) is 3.32. The van der Waals surface area contributed by atoms with E-state index in [1.165, 1.54) is 6.33 Å². The minimum atomic E-state index is -0.462. The van der Waals surface area contributed by atoms with E-state index >= 15 is 0 Å². The van der Waals surface area contributed by atoms with Crippen LogP contribution in [0.25, 0.3) is 0 Å². The maximum atomic E-state index is 11.2. The number of nitrogens with two attached hydrogens (primary N) is 1. The van der Waals surface area contributed by atoms with Crippen LogP contribution in [0.3, 0.4) is 0 Å². The van der Waals surface area contributed by atoms with Crippen LogP contribution in [0, 0.1) is 0 Å². The van der Waals surface area contributed by atoms with E-state index in [2.05, 4.69) is 9.97 Å². The van der Waals surface area contributed by atoms with Crippen molar-refractivity contribution in [3.63, 3.8) is 0 Å². The highest BCUT2D eigenvalue weighted by Gasteiger charge is 2.09. The molecule has 0 bridgehead atoms. The number of hydrogen-bond donors (Lipinski definition) is 3. The third-order valence-corrected chi connectivity index (χ3v) is 2.20. The van der Waals surface area contributed by atoms with Gasteiger partial charge in [-0.1, -0.05) is 18.2 Å². The molecule has 0 unspecified atom stereocenters. The molecule has 6 heteroatoms. The van der Waals surface area contributed by atoms with Crippen LogP contribution in [0.1, 0.15) is 5.56 Å². The Morgan fingerprint density at radius 2 is 2.18 bits per heavy atom. The molecular formula is C11H11N3O3. The molecule has 0 amide bonds. The van der Waals surface area contributed by atoms with Crippen molar-refractivity contribution >= 4 is 5.69 Å². The van der Waals surface area contributed by atoms with Crippen molar-refractivity contribution in [1.82, 2.24) is 9.97 Å². The smallest absolute Gasteiger partial charge is 0.277 e. The Balaban J connectivity index is 2.38. The largest absolute Gasteiger partial charge is 0.437 e. The molecule has 0 atom stereocenters. The van der Waals surface area contributed by atoms with Crippen LogP contribution in [0.4, 0.5) is 5.69 Å². The molecule has 1 aromatic carbocycles. The zero-order valence-corrected chi connectivity index (χ0v) is 8.88. The predicted octanol–water partition coefficient (Wildman–Crippen LogP) is 0.637. The summed E-state index contributed by atoms with van der Waals surface area (Å²) < 4.78 is 5.40. The lowest BCUT2D eigenvalue weighted by Crippen LogP contribution is -2.13. The fourth-order valence-corrected chi connectivity index (χ4v) is 1.31. The summed E-state index contributed by atoms with van der Waals surface area (Å²) in [6.07, 6.45) is 1.20. The van der Waals surface area contributed by atoms with Gasteiger partial charge < -0.3 is 20.6 Å². The lowest BCUT2D eigenvalue weighted by molar-refractivity contribution is 0.276. The SMILES string of the molecule is Nc1c(Oc2ccccc2CO)nc[nH]c1=O. The maximum absolute atomic E-state index is 11.2. The van der Waals surface area contributed by atoms with Gasteiger partial charge in [0, 0.05) is 5.56 Å². The standard InChI is InChI=1S/C11H11N3O3/c12-9-10(16)13-6-14-11(9)17-8-4-2-1-3-7(8)5-15/h1-4,6,15H,5,12H2,(H,13,14,16). The van der Waals surface area contributed by atoms with E-state index < -0.39 is 5.56 Å². The van der Waals surface area contributed by atoms with Crippen molar-refractivity contribution in [2.75, 3.05) is 5.73 Å². The molecule has 2 rings (SSSR count). The lowest BCUT2D eigenvalue weighted by atomic mass is 10.2. The maximum Gasteiger partial charge on any atom is 0.277 e. The van der Waals surface area contributed by atoms with Crippen LogP contribution in [0.5, 0.6) is 11.6 Å². The average molecular weight is 233 g/mol. The number of aliphatic hydroxyl groups excluding tert-OH is 1. The average Bonchev–Trinajstić information content (AvgIpc) is 2.35. The second kappa shape index (κ2) is 4.67. The summed E-state index contributed by atoms with van der Waals surface area (Å²) in [5, 5.41) is 9.12. The highest BCUT2D eigenvalue weighted by Crippen LogP contribution is 2.25. The van der Waals surface area contributed by atoms with Gasteiger partial charge in [0.2, 0.25) is 5.88 Å². The van der Waals surface area contributed by atoms with Crippen LogP contribution in [-0.4, -0.2) is 15.1 Å². The molecule has 0 radical (unpaired) electrons. The number of anilines is 1. The first kappa shape index (κ1) is 11.2. The summed E-state index contributed by atoms with van der Waals surface area (Å²) in [5.74, 6) is 0.439. The molecule has 17 heavy (non-hydrogen) atoms. The summed E-state index contributed by atoms with van der Waals surface area (Å²) in [6.45, 7) is -0.167. The first-order valence-corrected chi connectivity index (χ1v) is 4.92. The molecule has 0 saturated carbocycles. The van der Waals surface area contributed by atoms with Gasteiger partial charge >= 0.3 is 0 Å². The van der Waals surface area contributed by atoms with Crippen molar-refractivity contribution in [3.8, 4) is 11.6 Å². The van der Waals surface area contributed by atoms with E-state index in [1.54, 1.807) is 24.3 Å². The number of aromatic amines is 1. The number of hydrogen-bond acceptors (Lipinski definition) is 5. The number of benzene rings is 1. The Bertz CT molecular complexity index is 580. The van der Waals surface area contributed by atoms with Crippen molar-refractivity contribution in [2.24, 2.45) is 0 Å². The highest BCUT2D eigenvalue weighted by molar-refractivity contribution is 5.48. The first-order chi connectivity index (χ1) is 8.22. The Morgan fingerprint density at radius 1 is 1.41 bits per heavy atom. The molecule has 88 valence electrons. The van der Waals surface area contributed by atoms with Crippen LogP contribution in [-0.2, 0) is 6.61 Å². The van der Waals surface area contributed by atoms with Gasteiger partial charge in [-0.05, 0) is 6.07 Å². The number of rotatable bonds is 3. The molecular weight excluding hydrogens is 222 g/mol. The van der Waals surface area contributed by atoms with Crippen molar-refractivity contribution < 1.29 is 9.84 Å². The third-order valence-electron chi connectivity index (χ3n) is 2.20. The normalized spacial score (nSPS) is 10.2. The van der Waals surface area contributed by atoms with Crippen molar-refractivity contribution in [1.29, 1.82) is 0 Å². The van der Waals surface area contributed by atoms with Crippen molar-refractivity contribution in [2.45, 2.75) is 6.61 Å². The topological polar surface area (TPSA) is 101 Å². The summed E-state index contributed by atoms with van der Waals surface area (Å²) >= 11 is 0. The van der Waals surface area contributed by atoms with Gasteiger partial charge in [0.1, 0.15) is 5.75 Å². The Morgan fingerprint density at radius 3 is 2.94 bits per heavy atom. The molecule has 4 N–H and O–H groups in total. The lowest BCUT2D eigenvalue weighted by Gasteiger charge is -2.09. The summed E-state index contributed by atoms with van der Waals surface area (Å²) in [7, 11) is 0. The van der Waals surface area contributed by atoms with Crippen LogP contribution < -0.4 is 16.0 Å². The molecule has 6 nitrogen and oxygen atoms in total. The molecule has 2 aromatic rings. The van der Waals surface area contributed by atoms with Crippen molar-refractivity contribution in [3.05, 3.63) is 46.5 Å². The molecule has 0 aliphatic rings. The third kappa shape index (κ3) is 2.26. The second-order valence-corrected chi connectivity index (χ2v) is 3.32. The van der Waals surface area contributed by atoms with Gasteiger partial charge in [0.15, 0.2) is 5.69 Å². The summed E-state index contributed by atoms with van der Waals surface area (Å²) in [4.78, 5) is 17.4. The van der Waals surface area contributed by atoms with E-state index in [0.29, 0.717) is 11.3 Å². The summed E-state index contributed by atoms with van der Waals surface area (Å²) in [6, 6.07) is 6.89. The zero-order valence-electron chi connectivity index (χ0n) is 8.88. The van der Waals surface area contributed by atoms with E-state index in [9.17, 15) is 4.79 Å². The van der Waals surface area contributed by atoms with Gasteiger partial charge in [0.25, 0.3) is 5.56 Å². The van der Waals surface area contributed by atoms with Gasteiger partial charge in [-0.2, -0.15) is 0 Å². The van der Waals surface area contributed by atoms with E-state index in [4.69, 9.17) is 15.6 Å². The van der Waals surface area contributed by atoms with Gasteiger partial charge in [-0.3, -0.25) is 4.79 Å². The molecule has 1 aromatic heterocycles. The van der Waals surface area contributed by atoms with E-state index in [-0.39, 0.29) is 18.2 Å². The number of aromatic nitrogens is 2. The van der Waals surface area contributed by atoms with Crippen LogP contribution >= 0.6 is 0 Å². The van der Waals surface area contributed by atoms with Crippen LogP contribution in [0.15, 0.2) is 35.4 Å². The quantitative estimate of drug-likeness (QED) is 0.722. The molecule has 0 saturated heterocycles. The molecule has 0 fully saturated rings. The van der Waals surface area contributed by atoms with Gasteiger partial charge in [-0.25, -0.2) is 4.98 Å². The fourth-order valence-electron chi connectivity index (χ4n) is 1.31. The molecule has 0 aliphatic carbocycles. The molecule has 0 spiro atoms. The number of ether oxygens (including phenoxy) is 1. The Hall–Kier alpha value is -2.34. The number of nitrogens with zero attached hydrogens (tertiary/aromatic N) is 1. The molecule has 1 heterocycles. The minimum absolute atomic E-state index is 0.0228.